The molecule has 0 aromatic heterocycles. The van der Waals surface area contributed by atoms with E-state index in [1.807, 2.05) is 6.92 Å². The fourth-order valence-electron chi connectivity index (χ4n) is 1.64. The molecule has 104 valence electrons. The first-order valence-corrected chi connectivity index (χ1v) is 6.79. The summed E-state index contributed by atoms with van der Waals surface area (Å²) < 4.78 is 5.76. The number of benzene rings is 1. The van der Waals surface area contributed by atoms with Gasteiger partial charge in [-0.3, -0.25) is 4.79 Å². The number of phenols is 1. The Morgan fingerprint density at radius 1 is 1.37 bits per heavy atom. The molecule has 0 heterocycles. The zero-order chi connectivity index (χ0) is 14.3. The van der Waals surface area contributed by atoms with Crippen LogP contribution in [0.15, 0.2) is 24.3 Å². The molecule has 1 aromatic rings. The molecular weight excluding hydrogens is 264 g/mol. The Kier molecular flexibility index (Phi) is 6.43. The fourth-order valence-corrected chi connectivity index (χ4v) is 1.85. The fraction of sp³-hybridized carbons (Fsp3) is 0.400. The molecule has 0 aliphatic carbocycles. The van der Waals surface area contributed by atoms with Crippen LogP contribution >= 0.6 is 11.6 Å². The molecule has 0 radical (unpaired) electrons. The lowest BCUT2D eigenvalue weighted by Gasteiger charge is -2.17. The predicted molar refractivity (Wildman–Crippen MR) is 77.3 cm³/mol. The number of rotatable bonds is 7. The van der Waals surface area contributed by atoms with E-state index in [0.29, 0.717) is 17.1 Å². The molecule has 1 unspecified atom stereocenters. The highest BCUT2D eigenvalue weighted by Crippen LogP contribution is 2.32. The minimum atomic E-state index is -0.117. The van der Waals surface area contributed by atoms with Crippen molar-refractivity contribution in [1.82, 2.24) is 0 Å². The predicted octanol–water partition coefficient (Wildman–Crippen LogP) is 4.37. The van der Waals surface area contributed by atoms with Gasteiger partial charge in [0.15, 0.2) is 6.29 Å². The summed E-state index contributed by atoms with van der Waals surface area (Å²) in [6.07, 6.45) is 7.33. The highest BCUT2D eigenvalue weighted by atomic mass is 35.5. The third-order valence-corrected chi connectivity index (χ3v) is 3.05. The standard InChI is InChI=1S/C15H19ClO3/c1-3-5-6-7-12(4-2)19-15-9-14(18)11(10-17)8-13(15)16/h5-6,8-10,12,18H,3-4,7H2,1-2H3/b6-5-. The maximum atomic E-state index is 10.7. The molecule has 1 N–H and O–H groups in total. The number of allylic oxidation sites excluding steroid dienone is 1. The second-order valence-corrected chi connectivity index (χ2v) is 4.63. The number of carbonyl (C=O) groups excluding carboxylic acids is 1. The summed E-state index contributed by atoms with van der Waals surface area (Å²) in [5.74, 6) is 0.287. The van der Waals surface area contributed by atoms with Crippen molar-refractivity contribution < 1.29 is 14.6 Å². The van der Waals surface area contributed by atoms with Gasteiger partial charge in [-0.25, -0.2) is 0 Å². The summed E-state index contributed by atoms with van der Waals surface area (Å²) in [7, 11) is 0. The molecular formula is C15H19ClO3. The first kappa shape index (κ1) is 15.6. The topological polar surface area (TPSA) is 46.5 Å². The molecule has 0 saturated heterocycles. The molecule has 0 aliphatic heterocycles. The maximum absolute atomic E-state index is 10.7. The summed E-state index contributed by atoms with van der Waals surface area (Å²) >= 11 is 6.03. The molecule has 0 amide bonds. The third kappa shape index (κ3) is 4.60. The van der Waals surface area contributed by atoms with Crippen LogP contribution in [0.25, 0.3) is 0 Å². The Morgan fingerprint density at radius 3 is 2.68 bits per heavy atom. The van der Waals surface area contributed by atoms with Gasteiger partial charge in [-0.15, -0.1) is 0 Å². The molecule has 0 bridgehead atoms. The van der Waals surface area contributed by atoms with E-state index in [0.717, 1.165) is 19.3 Å². The smallest absolute Gasteiger partial charge is 0.153 e. The molecule has 0 saturated carbocycles. The Bertz CT molecular complexity index is 455. The van der Waals surface area contributed by atoms with Crippen LogP contribution in [-0.4, -0.2) is 17.5 Å². The number of ether oxygens (including phenoxy) is 1. The average molecular weight is 283 g/mol. The lowest BCUT2D eigenvalue weighted by atomic mass is 10.1. The van der Waals surface area contributed by atoms with Crippen LogP contribution in [0, 0.1) is 0 Å². The number of halogens is 1. The van der Waals surface area contributed by atoms with E-state index in [4.69, 9.17) is 16.3 Å². The van der Waals surface area contributed by atoms with Gasteiger partial charge in [0.25, 0.3) is 0 Å². The van der Waals surface area contributed by atoms with E-state index >= 15 is 0 Å². The van der Waals surface area contributed by atoms with Crippen LogP contribution in [0.4, 0.5) is 0 Å². The first-order valence-electron chi connectivity index (χ1n) is 6.41. The minimum Gasteiger partial charge on any atom is -0.507 e. The number of aldehydes is 1. The van der Waals surface area contributed by atoms with Crippen LogP contribution in [0.3, 0.4) is 0 Å². The average Bonchev–Trinajstić information content (AvgIpc) is 2.41. The van der Waals surface area contributed by atoms with Gasteiger partial charge in [-0.05, 0) is 18.9 Å². The second-order valence-electron chi connectivity index (χ2n) is 4.22. The van der Waals surface area contributed by atoms with Crippen molar-refractivity contribution in [2.75, 3.05) is 0 Å². The van der Waals surface area contributed by atoms with Crippen molar-refractivity contribution in [2.45, 2.75) is 39.2 Å². The zero-order valence-electron chi connectivity index (χ0n) is 11.2. The van der Waals surface area contributed by atoms with Crippen LogP contribution < -0.4 is 4.74 Å². The van der Waals surface area contributed by atoms with Gasteiger partial charge < -0.3 is 9.84 Å². The molecule has 1 aromatic carbocycles. The SMILES string of the molecule is CC/C=C\CC(CC)Oc1cc(O)c(C=O)cc1Cl. The lowest BCUT2D eigenvalue weighted by Crippen LogP contribution is -2.14. The molecule has 1 rings (SSSR count). The van der Waals surface area contributed by atoms with Gasteiger partial charge in [0.05, 0.1) is 10.6 Å². The monoisotopic (exact) mass is 282 g/mol. The Hall–Kier alpha value is -1.48. The number of aromatic hydroxyl groups is 1. The highest BCUT2D eigenvalue weighted by Gasteiger charge is 2.12. The highest BCUT2D eigenvalue weighted by molar-refractivity contribution is 6.32. The van der Waals surface area contributed by atoms with Gasteiger partial charge in [0, 0.05) is 12.5 Å². The van der Waals surface area contributed by atoms with Crippen molar-refractivity contribution >= 4 is 17.9 Å². The second kappa shape index (κ2) is 7.85. The summed E-state index contributed by atoms with van der Waals surface area (Å²) in [4.78, 5) is 10.7. The van der Waals surface area contributed by atoms with E-state index in [-0.39, 0.29) is 17.4 Å². The zero-order valence-corrected chi connectivity index (χ0v) is 12.0. The molecule has 19 heavy (non-hydrogen) atoms. The molecule has 0 fully saturated rings. The van der Waals surface area contributed by atoms with Crippen molar-refractivity contribution in [2.24, 2.45) is 0 Å². The van der Waals surface area contributed by atoms with Crippen molar-refractivity contribution in [3.05, 3.63) is 34.9 Å². The Balaban J connectivity index is 2.82. The summed E-state index contributed by atoms with van der Waals surface area (Å²) in [5, 5.41) is 9.96. The number of hydrogen-bond acceptors (Lipinski definition) is 3. The summed E-state index contributed by atoms with van der Waals surface area (Å²) in [6.45, 7) is 4.10. The lowest BCUT2D eigenvalue weighted by molar-refractivity contribution is 0.112. The largest absolute Gasteiger partial charge is 0.507 e. The molecule has 0 spiro atoms. The van der Waals surface area contributed by atoms with Gasteiger partial charge in [0.2, 0.25) is 0 Å². The van der Waals surface area contributed by atoms with Crippen molar-refractivity contribution in [3.8, 4) is 11.5 Å². The first-order chi connectivity index (χ1) is 9.12. The van der Waals surface area contributed by atoms with Crippen LogP contribution in [0.5, 0.6) is 11.5 Å². The van der Waals surface area contributed by atoms with E-state index in [1.165, 1.54) is 12.1 Å². The van der Waals surface area contributed by atoms with Crippen LogP contribution in [0.2, 0.25) is 5.02 Å². The van der Waals surface area contributed by atoms with E-state index < -0.39 is 0 Å². The number of hydrogen-bond donors (Lipinski definition) is 1. The van der Waals surface area contributed by atoms with Crippen LogP contribution in [0.1, 0.15) is 43.5 Å². The number of carbonyl (C=O) groups is 1. The van der Waals surface area contributed by atoms with Gasteiger partial charge in [-0.1, -0.05) is 37.6 Å². The number of phenolic OH excluding ortho intramolecular Hbond substituents is 1. The van der Waals surface area contributed by atoms with Gasteiger partial charge in [-0.2, -0.15) is 0 Å². The molecule has 4 heteroatoms. The van der Waals surface area contributed by atoms with E-state index in [9.17, 15) is 9.90 Å². The van der Waals surface area contributed by atoms with Crippen molar-refractivity contribution in [1.29, 1.82) is 0 Å². The molecule has 3 nitrogen and oxygen atoms in total. The van der Waals surface area contributed by atoms with Gasteiger partial charge >= 0.3 is 0 Å². The van der Waals surface area contributed by atoms with E-state index in [1.54, 1.807) is 0 Å². The molecule has 1 atom stereocenters. The van der Waals surface area contributed by atoms with Crippen molar-refractivity contribution in [3.63, 3.8) is 0 Å². The summed E-state index contributed by atoms with van der Waals surface area (Å²) in [6, 6.07) is 2.80. The molecule has 0 aliphatic rings. The third-order valence-electron chi connectivity index (χ3n) is 2.76. The Labute approximate surface area is 118 Å². The summed E-state index contributed by atoms with van der Waals surface area (Å²) in [5.41, 5.74) is 0.163. The Morgan fingerprint density at radius 2 is 2.11 bits per heavy atom. The minimum absolute atomic E-state index is 0.00165. The normalized spacial score (nSPS) is 12.6. The van der Waals surface area contributed by atoms with Gasteiger partial charge in [0.1, 0.15) is 17.6 Å². The maximum Gasteiger partial charge on any atom is 0.153 e. The van der Waals surface area contributed by atoms with E-state index in [2.05, 4.69) is 19.1 Å². The quantitative estimate of drug-likeness (QED) is 0.596. The van der Waals surface area contributed by atoms with Crippen LogP contribution in [-0.2, 0) is 0 Å².